The first-order chi connectivity index (χ1) is 7.05. The predicted octanol–water partition coefficient (Wildman–Crippen LogP) is 2.77. The largest absolute Gasteiger partial charge is 0.302 e. The van der Waals surface area contributed by atoms with Crippen LogP contribution in [0.5, 0.6) is 0 Å². The molecular formula is C13H20O2. The van der Waals surface area contributed by atoms with Crippen molar-refractivity contribution in [2.24, 2.45) is 17.3 Å². The van der Waals surface area contributed by atoms with Gasteiger partial charge in [0.1, 0.15) is 12.1 Å². The van der Waals surface area contributed by atoms with Crippen LogP contribution in [0.1, 0.15) is 39.5 Å². The summed E-state index contributed by atoms with van der Waals surface area (Å²) in [5.74, 6) is 1.14. The third-order valence-electron chi connectivity index (χ3n) is 3.60. The normalized spacial score (nSPS) is 31.7. The van der Waals surface area contributed by atoms with Crippen LogP contribution in [0.3, 0.4) is 0 Å². The summed E-state index contributed by atoms with van der Waals surface area (Å²) >= 11 is 0. The van der Waals surface area contributed by atoms with Gasteiger partial charge < -0.3 is 4.79 Å². The number of hydrogen-bond acceptors (Lipinski definition) is 2. The lowest BCUT2D eigenvalue weighted by Crippen LogP contribution is -2.40. The summed E-state index contributed by atoms with van der Waals surface area (Å²) in [5.41, 5.74) is -0.755. The molecule has 2 atom stereocenters. The topological polar surface area (TPSA) is 34.1 Å². The van der Waals surface area contributed by atoms with Gasteiger partial charge in [-0.25, -0.2) is 0 Å². The van der Waals surface area contributed by atoms with E-state index in [4.69, 9.17) is 0 Å². The molecule has 1 fully saturated rings. The summed E-state index contributed by atoms with van der Waals surface area (Å²) in [5, 5.41) is 0. The van der Waals surface area contributed by atoms with Gasteiger partial charge in [-0.3, -0.25) is 4.79 Å². The highest BCUT2D eigenvalue weighted by Gasteiger charge is 2.42. The number of rotatable bonds is 4. The van der Waals surface area contributed by atoms with E-state index in [1.54, 1.807) is 6.08 Å². The molecule has 2 nitrogen and oxygen atoms in total. The van der Waals surface area contributed by atoms with Gasteiger partial charge in [0.05, 0.1) is 5.41 Å². The van der Waals surface area contributed by atoms with E-state index >= 15 is 0 Å². The van der Waals surface area contributed by atoms with Crippen molar-refractivity contribution in [2.75, 3.05) is 0 Å². The van der Waals surface area contributed by atoms with Gasteiger partial charge in [0.2, 0.25) is 0 Å². The third-order valence-corrected chi connectivity index (χ3v) is 3.60. The number of hydrogen-bond donors (Lipinski definition) is 0. The van der Waals surface area contributed by atoms with Crippen LogP contribution in [0, 0.1) is 17.3 Å². The Balaban J connectivity index is 2.87. The van der Waals surface area contributed by atoms with Crippen LogP contribution >= 0.6 is 0 Å². The van der Waals surface area contributed by atoms with Gasteiger partial charge in [0.25, 0.3) is 0 Å². The molecule has 0 heterocycles. The Morgan fingerprint density at radius 3 is 2.73 bits per heavy atom. The van der Waals surface area contributed by atoms with Gasteiger partial charge in [-0.2, -0.15) is 0 Å². The molecule has 0 aromatic rings. The van der Waals surface area contributed by atoms with Gasteiger partial charge in [-0.05, 0) is 31.1 Å². The maximum Gasteiger partial charge on any atom is 0.146 e. The van der Waals surface area contributed by atoms with Gasteiger partial charge >= 0.3 is 0 Å². The van der Waals surface area contributed by atoms with Crippen LogP contribution in [0.4, 0.5) is 0 Å². The maximum absolute atomic E-state index is 11.8. The quantitative estimate of drug-likeness (QED) is 0.404. The van der Waals surface area contributed by atoms with Crippen molar-refractivity contribution < 1.29 is 9.59 Å². The van der Waals surface area contributed by atoms with Crippen molar-refractivity contribution in [1.29, 1.82) is 0 Å². The fourth-order valence-corrected chi connectivity index (χ4v) is 2.43. The molecule has 0 aromatic carbocycles. The Labute approximate surface area is 91.7 Å². The van der Waals surface area contributed by atoms with E-state index in [1.165, 1.54) is 0 Å². The highest BCUT2D eigenvalue weighted by atomic mass is 16.1. The average molecular weight is 208 g/mol. The van der Waals surface area contributed by atoms with Crippen LogP contribution in [0.15, 0.2) is 12.7 Å². The van der Waals surface area contributed by atoms with Crippen LogP contribution in [-0.4, -0.2) is 12.1 Å². The number of carbonyl (C=O) groups excluding carboxylic acids is 2. The zero-order valence-electron chi connectivity index (χ0n) is 9.66. The fraction of sp³-hybridized carbons (Fsp3) is 0.692. The first-order valence-corrected chi connectivity index (χ1v) is 5.66. The Morgan fingerprint density at radius 2 is 2.27 bits per heavy atom. The van der Waals surface area contributed by atoms with Crippen molar-refractivity contribution in [1.82, 2.24) is 0 Å². The summed E-state index contributed by atoms with van der Waals surface area (Å²) in [6, 6.07) is 0. The molecule has 84 valence electrons. The van der Waals surface area contributed by atoms with E-state index < -0.39 is 5.41 Å². The van der Waals surface area contributed by atoms with Crippen LogP contribution in [0.2, 0.25) is 0 Å². The molecule has 0 N–H and O–H groups in total. The predicted molar refractivity (Wildman–Crippen MR) is 60.5 cm³/mol. The van der Waals surface area contributed by atoms with Crippen LogP contribution < -0.4 is 0 Å². The highest BCUT2D eigenvalue weighted by molar-refractivity contribution is 5.98. The Kier molecular flexibility index (Phi) is 3.83. The molecule has 1 rings (SSSR count). The molecule has 0 unspecified atom stereocenters. The molecular weight excluding hydrogens is 188 g/mol. The number of Topliss-reactive ketones (excluding diaryl/α,β-unsaturated/α-hetero) is 1. The number of ketones is 1. The molecule has 0 radical (unpaired) electrons. The van der Waals surface area contributed by atoms with Gasteiger partial charge in [-0.15, -0.1) is 6.58 Å². The molecule has 1 aliphatic rings. The van der Waals surface area contributed by atoms with Crippen LogP contribution in [-0.2, 0) is 9.59 Å². The van der Waals surface area contributed by atoms with Crippen molar-refractivity contribution >= 4 is 12.1 Å². The molecule has 0 amide bonds. The second-order valence-corrected chi connectivity index (χ2v) is 4.94. The standard InChI is InChI=1S/C13H20O2/c1-4-7-13(9-14)8-11(10(2)3)5-6-12(13)15/h4,9-11H,1,5-8H2,2-3H3/t11-,13-/m0/s1. The molecule has 0 spiro atoms. The van der Waals surface area contributed by atoms with Crippen molar-refractivity contribution in [3.05, 3.63) is 12.7 Å². The third kappa shape index (κ3) is 2.36. The zero-order chi connectivity index (χ0) is 11.5. The summed E-state index contributed by atoms with van der Waals surface area (Å²) < 4.78 is 0. The second-order valence-electron chi connectivity index (χ2n) is 4.94. The Bertz CT molecular complexity index is 268. The molecule has 1 aliphatic carbocycles. The summed E-state index contributed by atoms with van der Waals surface area (Å²) in [7, 11) is 0. The fourth-order valence-electron chi connectivity index (χ4n) is 2.43. The lowest BCUT2D eigenvalue weighted by atomic mass is 9.65. The minimum Gasteiger partial charge on any atom is -0.302 e. The number of allylic oxidation sites excluding steroid dienone is 1. The molecule has 0 saturated heterocycles. The van der Waals surface area contributed by atoms with Gasteiger partial charge in [-0.1, -0.05) is 19.9 Å². The number of carbonyl (C=O) groups is 2. The molecule has 0 aliphatic heterocycles. The van der Waals surface area contributed by atoms with Crippen LogP contribution in [0.25, 0.3) is 0 Å². The second kappa shape index (κ2) is 4.73. The van der Waals surface area contributed by atoms with E-state index in [9.17, 15) is 9.59 Å². The molecule has 1 saturated carbocycles. The summed E-state index contributed by atoms with van der Waals surface area (Å²) in [4.78, 5) is 23.0. The summed E-state index contributed by atoms with van der Waals surface area (Å²) in [6.07, 6.45) is 5.23. The van der Waals surface area contributed by atoms with E-state index in [-0.39, 0.29) is 5.78 Å². The minimum absolute atomic E-state index is 0.106. The summed E-state index contributed by atoms with van der Waals surface area (Å²) in [6.45, 7) is 7.95. The first kappa shape index (κ1) is 12.2. The Morgan fingerprint density at radius 1 is 1.60 bits per heavy atom. The SMILES string of the molecule is C=CC[C@@]1(C=O)C[C@@H](C(C)C)CCC1=O. The molecule has 2 heteroatoms. The highest BCUT2D eigenvalue weighted by Crippen LogP contribution is 2.40. The van der Waals surface area contributed by atoms with Gasteiger partial charge in [0, 0.05) is 6.42 Å². The molecule has 0 aromatic heterocycles. The lowest BCUT2D eigenvalue weighted by Gasteiger charge is -2.36. The van der Waals surface area contributed by atoms with Crippen molar-refractivity contribution in [2.45, 2.75) is 39.5 Å². The monoisotopic (exact) mass is 208 g/mol. The Hall–Kier alpha value is -0.920. The smallest absolute Gasteiger partial charge is 0.146 e. The maximum atomic E-state index is 11.8. The van der Waals surface area contributed by atoms with E-state index in [1.807, 2.05) is 0 Å². The van der Waals surface area contributed by atoms with Crippen molar-refractivity contribution in [3.8, 4) is 0 Å². The van der Waals surface area contributed by atoms with Gasteiger partial charge in [0.15, 0.2) is 0 Å². The van der Waals surface area contributed by atoms with E-state index in [0.29, 0.717) is 31.1 Å². The van der Waals surface area contributed by atoms with E-state index in [2.05, 4.69) is 20.4 Å². The number of aldehydes is 1. The minimum atomic E-state index is -0.755. The lowest BCUT2D eigenvalue weighted by molar-refractivity contribution is -0.139. The molecule has 15 heavy (non-hydrogen) atoms. The van der Waals surface area contributed by atoms with Crippen molar-refractivity contribution in [3.63, 3.8) is 0 Å². The molecule has 0 bridgehead atoms. The average Bonchev–Trinajstić information content (AvgIpc) is 2.21. The van der Waals surface area contributed by atoms with E-state index in [0.717, 1.165) is 12.7 Å². The zero-order valence-corrected chi connectivity index (χ0v) is 9.66. The first-order valence-electron chi connectivity index (χ1n) is 5.66.